The zero-order valence-corrected chi connectivity index (χ0v) is 16.0. The molecule has 1 aliphatic heterocycles. The van der Waals surface area contributed by atoms with Crippen LogP contribution in [-0.4, -0.2) is 32.2 Å². The van der Waals surface area contributed by atoms with Gasteiger partial charge in [0.1, 0.15) is 5.82 Å². The van der Waals surface area contributed by atoms with Crippen molar-refractivity contribution in [2.45, 2.75) is 45.6 Å². The second-order valence-electron chi connectivity index (χ2n) is 8.14. The Labute approximate surface area is 153 Å². The maximum atomic E-state index is 12.4. The van der Waals surface area contributed by atoms with E-state index in [1.165, 1.54) is 4.57 Å². The summed E-state index contributed by atoms with van der Waals surface area (Å²) in [7, 11) is 1.70. The van der Waals surface area contributed by atoms with Crippen LogP contribution in [0.4, 0.5) is 5.82 Å². The molecule has 2 aromatic heterocycles. The van der Waals surface area contributed by atoms with Crippen LogP contribution in [0.3, 0.4) is 0 Å². The average molecular weight is 357 g/mol. The van der Waals surface area contributed by atoms with Crippen LogP contribution in [0.15, 0.2) is 34.4 Å². The molecule has 0 unspecified atom stereocenters. The summed E-state index contributed by atoms with van der Waals surface area (Å²) in [6.45, 7) is 8.54. The number of piperidine rings is 1. The molecule has 1 fully saturated rings. The molecule has 0 spiro atoms. The topological polar surface area (TPSA) is 73.0 Å². The summed E-state index contributed by atoms with van der Waals surface area (Å²) in [6, 6.07) is 3.23. The van der Waals surface area contributed by atoms with Crippen molar-refractivity contribution in [2.75, 3.05) is 18.0 Å². The molecule has 0 saturated carbocycles. The zero-order valence-electron chi connectivity index (χ0n) is 16.0. The first-order valence-corrected chi connectivity index (χ1v) is 9.08. The van der Waals surface area contributed by atoms with Crippen LogP contribution < -0.4 is 16.0 Å². The molecule has 7 heteroatoms. The SMILES string of the molecule is Cn1cnc(N2CCC(Cn3cnc(C(C)(C)C)cc3=O)CC2)cc1=O. The molecule has 0 aromatic carbocycles. The molecule has 0 aliphatic carbocycles. The summed E-state index contributed by atoms with van der Waals surface area (Å²) < 4.78 is 3.18. The Morgan fingerprint density at radius 2 is 1.73 bits per heavy atom. The fourth-order valence-electron chi connectivity index (χ4n) is 3.22. The van der Waals surface area contributed by atoms with Crippen molar-refractivity contribution in [3.05, 3.63) is 51.2 Å². The van der Waals surface area contributed by atoms with Crippen molar-refractivity contribution in [1.82, 2.24) is 19.1 Å². The van der Waals surface area contributed by atoms with E-state index in [0.29, 0.717) is 12.5 Å². The van der Waals surface area contributed by atoms with Gasteiger partial charge < -0.3 is 9.47 Å². The lowest BCUT2D eigenvalue weighted by atomic mass is 9.92. The molecular weight excluding hydrogens is 330 g/mol. The summed E-state index contributed by atoms with van der Waals surface area (Å²) in [5, 5.41) is 0. The van der Waals surface area contributed by atoms with E-state index < -0.39 is 0 Å². The van der Waals surface area contributed by atoms with Gasteiger partial charge in [0.05, 0.1) is 18.3 Å². The van der Waals surface area contributed by atoms with E-state index in [0.717, 1.165) is 37.4 Å². The highest BCUT2D eigenvalue weighted by molar-refractivity contribution is 5.37. The lowest BCUT2D eigenvalue weighted by Crippen LogP contribution is -2.37. The van der Waals surface area contributed by atoms with Gasteiger partial charge >= 0.3 is 0 Å². The highest BCUT2D eigenvalue weighted by Gasteiger charge is 2.22. The Balaban J connectivity index is 1.63. The predicted molar refractivity (Wildman–Crippen MR) is 102 cm³/mol. The smallest absolute Gasteiger partial charge is 0.255 e. The highest BCUT2D eigenvalue weighted by Crippen LogP contribution is 2.22. The number of aryl methyl sites for hydroxylation is 1. The van der Waals surface area contributed by atoms with Gasteiger partial charge in [-0.05, 0) is 18.8 Å². The van der Waals surface area contributed by atoms with Gasteiger partial charge in [0.15, 0.2) is 0 Å². The van der Waals surface area contributed by atoms with E-state index in [2.05, 4.69) is 35.6 Å². The van der Waals surface area contributed by atoms with E-state index in [4.69, 9.17) is 0 Å². The lowest BCUT2D eigenvalue weighted by Gasteiger charge is -2.33. The Bertz CT molecular complexity index is 886. The number of anilines is 1. The third-order valence-electron chi connectivity index (χ3n) is 5.00. The minimum atomic E-state index is -0.122. The molecule has 3 heterocycles. The molecule has 1 aliphatic rings. The Morgan fingerprint density at radius 1 is 1.04 bits per heavy atom. The van der Waals surface area contributed by atoms with E-state index in [9.17, 15) is 9.59 Å². The maximum Gasteiger partial charge on any atom is 0.255 e. The summed E-state index contributed by atoms with van der Waals surface area (Å²) in [6.07, 6.45) is 5.16. The fraction of sp³-hybridized carbons (Fsp3) is 0.579. The molecule has 0 radical (unpaired) electrons. The van der Waals surface area contributed by atoms with Gasteiger partial charge in [-0.25, -0.2) is 9.97 Å². The monoisotopic (exact) mass is 357 g/mol. The van der Waals surface area contributed by atoms with E-state index in [1.54, 1.807) is 36.4 Å². The summed E-state index contributed by atoms with van der Waals surface area (Å²) >= 11 is 0. The van der Waals surface area contributed by atoms with Crippen molar-refractivity contribution >= 4 is 5.82 Å². The first-order valence-electron chi connectivity index (χ1n) is 9.08. The van der Waals surface area contributed by atoms with E-state index in [-0.39, 0.29) is 16.5 Å². The first-order chi connectivity index (χ1) is 12.2. The average Bonchev–Trinajstić information content (AvgIpc) is 2.59. The van der Waals surface area contributed by atoms with Crippen LogP contribution in [0.1, 0.15) is 39.3 Å². The molecule has 0 N–H and O–H groups in total. The fourth-order valence-corrected chi connectivity index (χ4v) is 3.22. The molecule has 26 heavy (non-hydrogen) atoms. The quantitative estimate of drug-likeness (QED) is 0.833. The van der Waals surface area contributed by atoms with Gasteiger partial charge in [0.2, 0.25) is 0 Å². The van der Waals surface area contributed by atoms with Crippen LogP contribution in [0.5, 0.6) is 0 Å². The third-order valence-corrected chi connectivity index (χ3v) is 5.00. The van der Waals surface area contributed by atoms with Gasteiger partial charge in [0, 0.05) is 44.2 Å². The number of nitrogens with zero attached hydrogens (tertiary/aromatic N) is 5. The number of hydrogen-bond donors (Lipinski definition) is 0. The van der Waals surface area contributed by atoms with Gasteiger partial charge in [-0.15, -0.1) is 0 Å². The molecule has 0 bridgehead atoms. The predicted octanol–water partition coefficient (Wildman–Crippen LogP) is 1.55. The standard InChI is InChI=1S/C19H27N5O2/c1-19(2,3)15-9-18(26)24(13-20-15)11-14-5-7-23(8-6-14)16-10-17(25)22(4)12-21-16/h9-10,12-14H,5-8,11H2,1-4H3. The minimum absolute atomic E-state index is 0.0144. The minimum Gasteiger partial charge on any atom is -0.356 e. The zero-order chi connectivity index (χ0) is 18.9. The normalized spacial score (nSPS) is 16.1. The van der Waals surface area contributed by atoms with Crippen LogP contribution in [-0.2, 0) is 19.0 Å². The Kier molecular flexibility index (Phi) is 4.98. The molecule has 0 amide bonds. The van der Waals surface area contributed by atoms with Crippen LogP contribution in [0, 0.1) is 5.92 Å². The Morgan fingerprint density at radius 3 is 2.31 bits per heavy atom. The van der Waals surface area contributed by atoms with Crippen molar-refractivity contribution in [3.8, 4) is 0 Å². The molecular formula is C19H27N5O2. The first kappa shape index (κ1) is 18.4. The molecule has 2 aromatic rings. The van der Waals surface area contributed by atoms with Gasteiger partial charge in [-0.2, -0.15) is 0 Å². The maximum absolute atomic E-state index is 12.4. The van der Waals surface area contributed by atoms with Crippen LogP contribution in [0.2, 0.25) is 0 Å². The summed E-state index contributed by atoms with van der Waals surface area (Å²) in [5.74, 6) is 1.16. The van der Waals surface area contributed by atoms with Gasteiger partial charge in [-0.3, -0.25) is 14.2 Å². The van der Waals surface area contributed by atoms with Crippen LogP contribution in [0.25, 0.3) is 0 Å². The second-order valence-corrected chi connectivity index (χ2v) is 8.14. The molecule has 0 atom stereocenters. The van der Waals surface area contributed by atoms with E-state index in [1.807, 2.05) is 0 Å². The molecule has 3 rings (SSSR count). The Hall–Kier alpha value is -2.44. The van der Waals surface area contributed by atoms with Gasteiger partial charge in [-0.1, -0.05) is 20.8 Å². The summed E-state index contributed by atoms with van der Waals surface area (Å²) in [4.78, 5) is 35.1. The number of rotatable bonds is 3. The lowest BCUT2D eigenvalue weighted by molar-refractivity contribution is 0.349. The summed E-state index contributed by atoms with van der Waals surface area (Å²) in [5.41, 5.74) is 0.670. The molecule has 1 saturated heterocycles. The third kappa shape index (κ3) is 4.03. The highest BCUT2D eigenvalue weighted by atomic mass is 16.1. The molecule has 140 valence electrons. The number of aromatic nitrogens is 4. The van der Waals surface area contributed by atoms with Crippen molar-refractivity contribution < 1.29 is 0 Å². The van der Waals surface area contributed by atoms with Crippen molar-refractivity contribution in [2.24, 2.45) is 13.0 Å². The van der Waals surface area contributed by atoms with Crippen LogP contribution >= 0.6 is 0 Å². The van der Waals surface area contributed by atoms with E-state index >= 15 is 0 Å². The largest absolute Gasteiger partial charge is 0.356 e. The number of hydrogen-bond acceptors (Lipinski definition) is 5. The van der Waals surface area contributed by atoms with Gasteiger partial charge in [0.25, 0.3) is 11.1 Å². The second kappa shape index (κ2) is 7.05. The van der Waals surface area contributed by atoms with Crippen molar-refractivity contribution in [3.63, 3.8) is 0 Å². The molecule has 7 nitrogen and oxygen atoms in total. The van der Waals surface area contributed by atoms with Crippen molar-refractivity contribution in [1.29, 1.82) is 0 Å².